The highest BCUT2D eigenvalue weighted by atomic mass is 16.6. The van der Waals surface area contributed by atoms with Gasteiger partial charge in [-0.05, 0) is 12.1 Å². The summed E-state index contributed by atoms with van der Waals surface area (Å²) in [6, 6.07) is 8.25. The molecule has 0 spiro atoms. The molecule has 18 heavy (non-hydrogen) atoms. The molecule has 3 atom stereocenters. The Balaban J connectivity index is 1.94. The lowest BCUT2D eigenvalue weighted by atomic mass is 10.1. The van der Waals surface area contributed by atoms with Crippen LogP contribution in [0.1, 0.15) is 17.3 Å². The zero-order valence-electron chi connectivity index (χ0n) is 9.88. The van der Waals surface area contributed by atoms with E-state index >= 15 is 0 Å². The summed E-state index contributed by atoms with van der Waals surface area (Å²) < 4.78 is 4.84. The Morgan fingerprint density at radius 3 is 2.61 bits per heavy atom. The Bertz CT molecular complexity index is 449. The molecule has 1 heterocycles. The van der Waals surface area contributed by atoms with Crippen molar-refractivity contribution in [2.24, 2.45) is 0 Å². The van der Waals surface area contributed by atoms with Crippen molar-refractivity contribution in [3.63, 3.8) is 0 Å². The van der Waals surface area contributed by atoms with E-state index in [1.54, 1.807) is 24.3 Å². The van der Waals surface area contributed by atoms with Crippen LogP contribution in [-0.4, -0.2) is 30.7 Å². The maximum atomic E-state index is 11.8. The molecule has 3 unspecified atom stereocenters. The summed E-state index contributed by atoms with van der Waals surface area (Å²) in [7, 11) is 0. The molecule has 2 rings (SSSR count). The fourth-order valence-electron chi connectivity index (χ4n) is 1.80. The van der Waals surface area contributed by atoms with Crippen molar-refractivity contribution < 1.29 is 19.4 Å². The van der Waals surface area contributed by atoms with Gasteiger partial charge in [-0.3, -0.25) is 9.59 Å². The van der Waals surface area contributed by atoms with Crippen LogP contribution in [-0.2, 0) is 9.53 Å². The van der Waals surface area contributed by atoms with Gasteiger partial charge in [-0.2, -0.15) is 0 Å². The highest BCUT2D eigenvalue weighted by molar-refractivity contribution is 5.94. The Morgan fingerprint density at radius 1 is 1.39 bits per heavy atom. The summed E-state index contributed by atoms with van der Waals surface area (Å²) >= 11 is 0. The number of hydrogen-bond acceptors (Lipinski definition) is 4. The summed E-state index contributed by atoms with van der Waals surface area (Å²) in [5.74, 6) is -0.794. The zero-order chi connectivity index (χ0) is 13.1. The van der Waals surface area contributed by atoms with Gasteiger partial charge in [0.15, 0.2) is 6.04 Å². The van der Waals surface area contributed by atoms with Gasteiger partial charge in [0, 0.05) is 12.5 Å². The van der Waals surface area contributed by atoms with E-state index < -0.39 is 18.2 Å². The third-order valence-electron chi connectivity index (χ3n) is 2.75. The van der Waals surface area contributed by atoms with Crippen molar-refractivity contribution >= 4 is 11.9 Å². The summed E-state index contributed by atoms with van der Waals surface area (Å²) in [5, 5.41) is 13.8. The number of esters is 1. The Morgan fingerprint density at radius 2 is 2.06 bits per heavy atom. The number of ether oxygens (including phenoxy) is 1. The minimum absolute atomic E-state index is 0.163. The van der Waals surface area contributed by atoms with Crippen molar-refractivity contribution in [1.29, 1.82) is 0 Å². The van der Waals surface area contributed by atoms with Gasteiger partial charge in [-0.1, -0.05) is 18.2 Å². The van der Waals surface area contributed by atoms with Gasteiger partial charge in [-0.25, -0.2) is 0 Å². The molecular formula is C12H14N2O4. The fraction of sp³-hybridized carbons (Fsp3) is 0.333. The molecule has 1 fully saturated rings. The maximum Gasteiger partial charge on any atom is 0.307 e. The quantitative estimate of drug-likeness (QED) is 0.536. The van der Waals surface area contributed by atoms with Crippen LogP contribution in [0.3, 0.4) is 0 Å². The molecule has 6 nitrogen and oxygen atoms in total. The number of nitrogens with one attached hydrogen (secondary N) is 2. The van der Waals surface area contributed by atoms with E-state index in [1.165, 1.54) is 6.92 Å². The predicted molar refractivity (Wildman–Crippen MR) is 62.4 cm³/mol. The summed E-state index contributed by atoms with van der Waals surface area (Å²) in [6.07, 6.45) is -0.838. The van der Waals surface area contributed by atoms with Crippen molar-refractivity contribution in [3.8, 4) is 0 Å². The molecular weight excluding hydrogens is 236 g/mol. The number of benzene rings is 1. The number of hydrogen-bond donors (Lipinski definition) is 2. The molecule has 6 heteroatoms. The third kappa shape index (κ3) is 2.66. The summed E-state index contributed by atoms with van der Waals surface area (Å²) in [4.78, 5) is 22.6. The number of rotatable bonds is 3. The highest BCUT2D eigenvalue weighted by Gasteiger charge is 2.43. The van der Waals surface area contributed by atoms with E-state index in [-0.39, 0.29) is 17.5 Å². The largest absolute Gasteiger partial charge is 0.631 e. The lowest BCUT2D eigenvalue weighted by Crippen LogP contribution is -3.23. The highest BCUT2D eigenvalue weighted by Crippen LogP contribution is 2.04. The topological polar surface area (TPSA) is 82.9 Å². The van der Waals surface area contributed by atoms with Crippen LogP contribution >= 0.6 is 0 Å². The first-order chi connectivity index (χ1) is 8.58. The molecule has 1 aliphatic rings. The molecule has 1 amide bonds. The Hall–Kier alpha value is -1.92. The molecule has 96 valence electrons. The van der Waals surface area contributed by atoms with Gasteiger partial charge in [0.2, 0.25) is 0 Å². The second-order valence-corrected chi connectivity index (χ2v) is 4.15. The molecule has 1 saturated heterocycles. The maximum absolute atomic E-state index is 11.8. The van der Waals surface area contributed by atoms with Crippen molar-refractivity contribution in [3.05, 3.63) is 41.1 Å². The van der Waals surface area contributed by atoms with Crippen LogP contribution < -0.4 is 10.4 Å². The van der Waals surface area contributed by atoms with Gasteiger partial charge in [0.1, 0.15) is 6.54 Å². The molecule has 0 saturated carbocycles. The predicted octanol–water partition coefficient (Wildman–Crippen LogP) is -0.929. The number of hydroxylamine groups is 2. The normalized spacial score (nSPS) is 26.0. The lowest BCUT2D eigenvalue weighted by Gasteiger charge is -2.45. The molecule has 0 aliphatic carbocycles. The van der Waals surface area contributed by atoms with Gasteiger partial charge in [0.05, 0.1) is 0 Å². The number of amides is 1. The number of carbonyl (C=O) groups is 2. The number of quaternary nitrogens is 1. The van der Waals surface area contributed by atoms with Gasteiger partial charge in [0.25, 0.3) is 12.1 Å². The monoisotopic (exact) mass is 250 g/mol. The average molecular weight is 250 g/mol. The molecule has 1 aromatic carbocycles. The van der Waals surface area contributed by atoms with E-state index in [2.05, 4.69) is 5.32 Å². The SMILES string of the molecule is CC(=O)OC1C(NC(=O)c2ccccc2)C[NH+]1[O-]. The van der Waals surface area contributed by atoms with Crippen molar-refractivity contribution in [2.45, 2.75) is 19.2 Å². The van der Waals surface area contributed by atoms with Crippen LogP contribution in [0.4, 0.5) is 0 Å². The first-order valence-corrected chi connectivity index (χ1v) is 5.64. The van der Waals surface area contributed by atoms with E-state index in [4.69, 9.17) is 4.74 Å². The van der Waals surface area contributed by atoms with Gasteiger partial charge < -0.3 is 20.3 Å². The first-order valence-electron chi connectivity index (χ1n) is 5.64. The van der Waals surface area contributed by atoms with Crippen LogP contribution in [0.5, 0.6) is 0 Å². The van der Waals surface area contributed by atoms with Crippen LogP contribution in [0.25, 0.3) is 0 Å². The van der Waals surface area contributed by atoms with Crippen LogP contribution in [0.15, 0.2) is 30.3 Å². The Labute approximate surface area is 104 Å². The standard InChI is InChI=1S/C12H14N2O4/c1-8(15)18-12-10(7-14(12)17)13-11(16)9-5-3-2-4-6-9/h2-6,10,12,14H,7H2,1H3,(H,13,16). The molecule has 0 aromatic heterocycles. The Kier molecular flexibility index (Phi) is 3.59. The average Bonchev–Trinajstić information content (AvgIpc) is 2.36. The molecule has 1 aromatic rings. The fourth-order valence-corrected chi connectivity index (χ4v) is 1.80. The second kappa shape index (κ2) is 5.16. The van der Waals surface area contributed by atoms with Crippen molar-refractivity contribution in [2.75, 3.05) is 6.54 Å². The summed E-state index contributed by atoms with van der Waals surface area (Å²) in [6.45, 7) is 1.44. The van der Waals surface area contributed by atoms with Crippen LogP contribution in [0.2, 0.25) is 0 Å². The number of carbonyl (C=O) groups excluding carboxylic acids is 2. The van der Waals surface area contributed by atoms with E-state index in [0.29, 0.717) is 5.56 Å². The van der Waals surface area contributed by atoms with E-state index in [0.717, 1.165) is 0 Å². The second-order valence-electron chi connectivity index (χ2n) is 4.15. The lowest BCUT2D eigenvalue weighted by molar-refractivity contribution is -0.947. The molecule has 1 aliphatic heterocycles. The minimum atomic E-state index is -0.838. The summed E-state index contributed by atoms with van der Waals surface area (Å²) in [5.41, 5.74) is 0.512. The van der Waals surface area contributed by atoms with Gasteiger partial charge in [-0.15, -0.1) is 0 Å². The zero-order valence-corrected chi connectivity index (χ0v) is 9.88. The first kappa shape index (κ1) is 12.5. The van der Waals surface area contributed by atoms with Crippen LogP contribution in [0, 0.1) is 5.21 Å². The molecule has 2 N–H and O–H groups in total. The van der Waals surface area contributed by atoms with E-state index in [1.807, 2.05) is 6.07 Å². The molecule has 0 radical (unpaired) electrons. The van der Waals surface area contributed by atoms with Gasteiger partial charge >= 0.3 is 5.97 Å². The smallest absolute Gasteiger partial charge is 0.307 e. The minimum Gasteiger partial charge on any atom is -0.631 e. The van der Waals surface area contributed by atoms with Crippen molar-refractivity contribution in [1.82, 2.24) is 5.32 Å². The molecule has 0 bridgehead atoms. The third-order valence-corrected chi connectivity index (χ3v) is 2.75. The van der Waals surface area contributed by atoms with E-state index in [9.17, 15) is 14.8 Å².